The van der Waals surface area contributed by atoms with Gasteiger partial charge >= 0.3 is 0 Å². The quantitative estimate of drug-likeness (QED) is 0.772. The van der Waals surface area contributed by atoms with Gasteiger partial charge in [0.25, 0.3) is 5.91 Å². The van der Waals surface area contributed by atoms with Gasteiger partial charge in [-0.2, -0.15) is 0 Å². The Bertz CT molecular complexity index is 333. The van der Waals surface area contributed by atoms with E-state index >= 15 is 0 Å². The summed E-state index contributed by atoms with van der Waals surface area (Å²) in [5.41, 5.74) is 0.629. The molecule has 0 unspecified atom stereocenters. The zero-order valence-corrected chi connectivity index (χ0v) is 10.4. The van der Waals surface area contributed by atoms with Crippen molar-refractivity contribution in [2.75, 3.05) is 12.9 Å². The van der Waals surface area contributed by atoms with E-state index in [2.05, 4.69) is 5.32 Å². The van der Waals surface area contributed by atoms with Crippen LogP contribution in [0.1, 0.15) is 23.7 Å². The maximum atomic E-state index is 11.7. The predicted octanol–water partition coefficient (Wildman–Crippen LogP) is 1.91. The molecule has 1 aromatic carbocycles. The largest absolute Gasteiger partial charge is 0.394 e. The number of aliphatic hydroxyl groups is 1. The van der Waals surface area contributed by atoms with Crippen LogP contribution in [-0.4, -0.2) is 29.9 Å². The van der Waals surface area contributed by atoms with Crippen molar-refractivity contribution in [2.24, 2.45) is 0 Å². The average Bonchev–Trinajstić information content (AvgIpc) is 2.35. The van der Waals surface area contributed by atoms with Gasteiger partial charge in [0, 0.05) is 10.5 Å². The number of carbonyl (C=O) groups excluding carboxylic acids is 1. The van der Waals surface area contributed by atoms with Gasteiger partial charge in [0.05, 0.1) is 12.6 Å². The molecule has 4 heteroatoms. The van der Waals surface area contributed by atoms with Crippen LogP contribution < -0.4 is 5.32 Å². The molecular weight excluding hydrogens is 222 g/mol. The Kier molecular flexibility index (Phi) is 5.35. The first-order valence-corrected chi connectivity index (χ1v) is 6.49. The van der Waals surface area contributed by atoms with E-state index in [0.717, 1.165) is 11.3 Å². The number of thioether (sulfide) groups is 1. The third-order valence-electron chi connectivity index (χ3n) is 2.40. The highest BCUT2D eigenvalue weighted by atomic mass is 32.2. The van der Waals surface area contributed by atoms with Crippen LogP contribution in [0.25, 0.3) is 0 Å². The minimum absolute atomic E-state index is 0.0227. The van der Waals surface area contributed by atoms with E-state index in [4.69, 9.17) is 5.11 Å². The monoisotopic (exact) mass is 239 g/mol. The second-order valence-corrected chi connectivity index (χ2v) is 4.37. The van der Waals surface area contributed by atoms with E-state index < -0.39 is 0 Å². The van der Waals surface area contributed by atoms with E-state index in [-0.39, 0.29) is 18.6 Å². The SMILES string of the molecule is CC[C@H](CO)NC(=O)c1ccc(SC)cc1. The van der Waals surface area contributed by atoms with Crippen LogP contribution in [0.3, 0.4) is 0 Å². The lowest BCUT2D eigenvalue weighted by atomic mass is 10.2. The van der Waals surface area contributed by atoms with Crippen LogP contribution >= 0.6 is 11.8 Å². The molecule has 0 saturated heterocycles. The smallest absolute Gasteiger partial charge is 0.251 e. The van der Waals surface area contributed by atoms with E-state index in [0.29, 0.717) is 5.56 Å². The zero-order chi connectivity index (χ0) is 12.0. The second kappa shape index (κ2) is 6.55. The molecule has 0 aliphatic rings. The van der Waals surface area contributed by atoms with E-state index in [1.165, 1.54) is 0 Å². The minimum atomic E-state index is -0.160. The van der Waals surface area contributed by atoms with Gasteiger partial charge in [-0.05, 0) is 36.9 Å². The molecule has 0 saturated carbocycles. The normalized spacial score (nSPS) is 12.2. The highest BCUT2D eigenvalue weighted by Gasteiger charge is 2.10. The van der Waals surface area contributed by atoms with E-state index in [1.54, 1.807) is 23.9 Å². The summed E-state index contributed by atoms with van der Waals surface area (Å²) in [6.45, 7) is 1.91. The van der Waals surface area contributed by atoms with Crippen LogP contribution in [0.4, 0.5) is 0 Å². The summed E-state index contributed by atoms with van der Waals surface area (Å²) in [4.78, 5) is 12.9. The number of hydrogen-bond donors (Lipinski definition) is 2. The fourth-order valence-electron chi connectivity index (χ4n) is 1.29. The van der Waals surface area contributed by atoms with E-state index in [1.807, 2.05) is 25.3 Å². The predicted molar refractivity (Wildman–Crippen MR) is 66.9 cm³/mol. The molecule has 1 aromatic rings. The van der Waals surface area contributed by atoms with Gasteiger partial charge in [-0.25, -0.2) is 0 Å². The number of rotatable bonds is 5. The van der Waals surface area contributed by atoms with Crippen molar-refractivity contribution in [1.29, 1.82) is 0 Å². The Morgan fingerprint density at radius 1 is 1.44 bits per heavy atom. The van der Waals surface area contributed by atoms with Gasteiger partial charge in [0.2, 0.25) is 0 Å². The van der Waals surface area contributed by atoms with Crippen molar-refractivity contribution >= 4 is 17.7 Å². The molecule has 0 spiro atoms. The van der Waals surface area contributed by atoms with Gasteiger partial charge in [-0.15, -0.1) is 11.8 Å². The second-order valence-electron chi connectivity index (χ2n) is 3.49. The maximum absolute atomic E-state index is 11.7. The van der Waals surface area contributed by atoms with E-state index in [9.17, 15) is 4.79 Å². The number of benzene rings is 1. The lowest BCUT2D eigenvalue weighted by Gasteiger charge is -2.13. The van der Waals surface area contributed by atoms with Crippen LogP contribution in [0.15, 0.2) is 29.2 Å². The molecule has 1 rings (SSSR count). The summed E-state index contributed by atoms with van der Waals surface area (Å²) < 4.78 is 0. The summed E-state index contributed by atoms with van der Waals surface area (Å²) >= 11 is 1.64. The first-order chi connectivity index (χ1) is 7.71. The third kappa shape index (κ3) is 3.54. The van der Waals surface area contributed by atoms with Crippen molar-refractivity contribution in [1.82, 2.24) is 5.32 Å². The Labute approximate surface area is 100 Å². The zero-order valence-electron chi connectivity index (χ0n) is 9.56. The van der Waals surface area contributed by atoms with Gasteiger partial charge in [0.1, 0.15) is 0 Å². The Morgan fingerprint density at radius 3 is 2.50 bits per heavy atom. The van der Waals surface area contributed by atoms with Crippen molar-refractivity contribution in [3.8, 4) is 0 Å². The number of carbonyl (C=O) groups is 1. The molecule has 1 atom stereocenters. The Morgan fingerprint density at radius 2 is 2.06 bits per heavy atom. The summed E-state index contributed by atoms with van der Waals surface area (Å²) in [7, 11) is 0. The number of amides is 1. The fourth-order valence-corrected chi connectivity index (χ4v) is 1.70. The van der Waals surface area contributed by atoms with Crippen molar-refractivity contribution in [2.45, 2.75) is 24.3 Å². The average molecular weight is 239 g/mol. The van der Waals surface area contributed by atoms with Crippen molar-refractivity contribution < 1.29 is 9.90 Å². The Hall–Kier alpha value is -1.00. The summed E-state index contributed by atoms with van der Waals surface area (Å²) in [5, 5.41) is 11.8. The molecule has 1 amide bonds. The molecule has 0 aliphatic carbocycles. The summed E-state index contributed by atoms with van der Waals surface area (Å²) in [6.07, 6.45) is 2.72. The van der Waals surface area contributed by atoms with Crippen LogP contribution in [-0.2, 0) is 0 Å². The van der Waals surface area contributed by atoms with Gasteiger partial charge in [-0.1, -0.05) is 6.92 Å². The molecule has 0 aliphatic heterocycles. The molecule has 0 fully saturated rings. The molecule has 0 aromatic heterocycles. The van der Waals surface area contributed by atoms with Crippen LogP contribution in [0, 0.1) is 0 Å². The highest BCUT2D eigenvalue weighted by molar-refractivity contribution is 7.98. The standard InChI is InChI=1S/C12H17NO2S/c1-3-10(8-14)13-12(15)9-4-6-11(16-2)7-5-9/h4-7,10,14H,3,8H2,1-2H3,(H,13,15)/t10-/m1/s1. The molecule has 16 heavy (non-hydrogen) atoms. The van der Waals surface area contributed by atoms with Gasteiger partial charge in [-0.3, -0.25) is 4.79 Å². The number of aliphatic hydroxyl groups excluding tert-OH is 1. The molecule has 3 nitrogen and oxygen atoms in total. The lowest BCUT2D eigenvalue weighted by Crippen LogP contribution is -2.36. The summed E-state index contributed by atoms with van der Waals surface area (Å²) in [5.74, 6) is -0.131. The minimum Gasteiger partial charge on any atom is -0.394 e. The first kappa shape index (κ1) is 13.1. The molecule has 0 heterocycles. The van der Waals surface area contributed by atoms with Crippen molar-refractivity contribution in [3.63, 3.8) is 0 Å². The molecule has 0 radical (unpaired) electrons. The number of nitrogens with one attached hydrogen (secondary N) is 1. The lowest BCUT2D eigenvalue weighted by molar-refractivity contribution is 0.0915. The van der Waals surface area contributed by atoms with Crippen LogP contribution in [0.2, 0.25) is 0 Å². The first-order valence-electron chi connectivity index (χ1n) is 5.27. The van der Waals surface area contributed by atoms with Crippen LogP contribution in [0.5, 0.6) is 0 Å². The van der Waals surface area contributed by atoms with Gasteiger partial charge < -0.3 is 10.4 Å². The van der Waals surface area contributed by atoms with Gasteiger partial charge in [0.15, 0.2) is 0 Å². The summed E-state index contributed by atoms with van der Waals surface area (Å²) in [6, 6.07) is 7.27. The van der Waals surface area contributed by atoms with Crippen molar-refractivity contribution in [3.05, 3.63) is 29.8 Å². The fraction of sp³-hybridized carbons (Fsp3) is 0.417. The maximum Gasteiger partial charge on any atom is 0.251 e. The third-order valence-corrected chi connectivity index (χ3v) is 3.14. The molecular formula is C12H17NO2S. The molecule has 2 N–H and O–H groups in total. The topological polar surface area (TPSA) is 49.3 Å². The Balaban J connectivity index is 2.65. The molecule has 0 bridgehead atoms. The highest BCUT2D eigenvalue weighted by Crippen LogP contribution is 2.14. The molecule has 88 valence electrons. The number of hydrogen-bond acceptors (Lipinski definition) is 3.